The van der Waals surface area contributed by atoms with Crippen molar-refractivity contribution in [2.75, 3.05) is 5.32 Å². The molecule has 2 aromatic rings. The van der Waals surface area contributed by atoms with E-state index in [1.165, 1.54) is 0 Å². The van der Waals surface area contributed by atoms with Gasteiger partial charge in [-0.3, -0.25) is 14.6 Å². The van der Waals surface area contributed by atoms with Crippen molar-refractivity contribution in [3.8, 4) is 0 Å². The largest absolute Gasteiger partial charge is 0.362 e. The number of dihydropyridines is 1. The van der Waals surface area contributed by atoms with Gasteiger partial charge in [0.05, 0.1) is 0 Å². The fourth-order valence-electron chi connectivity index (χ4n) is 4.24. The van der Waals surface area contributed by atoms with Crippen LogP contribution in [0.25, 0.3) is 0 Å². The van der Waals surface area contributed by atoms with E-state index < -0.39 is 5.92 Å². The lowest BCUT2D eigenvalue weighted by Crippen LogP contribution is -2.39. The number of hydrogen-bond acceptors (Lipinski definition) is 5. The summed E-state index contributed by atoms with van der Waals surface area (Å²) in [5, 5.41) is 6.22. The lowest BCUT2D eigenvalue weighted by atomic mass is 9.68. The first-order valence-electron chi connectivity index (χ1n) is 9.72. The first-order chi connectivity index (χ1) is 13.9. The number of pyridine rings is 2. The molecule has 2 aliphatic rings. The molecule has 0 bridgehead atoms. The van der Waals surface area contributed by atoms with Crippen molar-refractivity contribution in [2.24, 2.45) is 5.41 Å². The number of carbonyl (C=O) groups excluding carboxylic acids is 2. The molecule has 6 nitrogen and oxygen atoms in total. The Hall–Kier alpha value is -3.28. The van der Waals surface area contributed by atoms with Gasteiger partial charge in [-0.25, -0.2) is 4.98 Å². The van der Waals surface area contributed by atoms with Crippen molar-refractivity contribution in [2.45, 2.75) is 39.5 Å². The molecule has 148 valence electrons. The molecule has 1 aliphatic carbocycles. The zero-order valence-corrected chi connectivity index (χ0v) is 16.8. The molecule has 4 rings (SSSR count). The zero-order chi connectivity index (χ0) is 20.6. The average molecular weight is 388 g/mol. The van der Waals surface area contributed by atoms with Gasteiger partial charge in [0, 0.05) is 53.5 Å². The van der Waals surface area contributed by atoms with Gasteiger partial charge >= 0.3 is 0 Å². The van der Waals surface area contributed by atoms with Gasteiger partial charge in [0.15, 0.2) is 5.78 Å². The highest BCUT2D eigenvalue weighted by Crippen LogP contribution is 2.46. The van der Waals surface area contributed by atoms with Gasteiger partial charge in [-0.1, -0.05) is 26.0 Å². The summed E-state index contributed by atoms with van der Waals surface area (Å²) in [4.78, 5) is 34.9. The number of carbonyl (C=O) groups is 2. The number of allylic oxidation sites excluding steroid dienone is 3. The monoisotopic (exact) mass is 388 g/mol. The standard InChI is InChI=1S/C23H24N4O2/c1-14-19(22(29)27-18-8-4-5-10-25-18)20(15-7-6-9-24-13-15)21-16(26-14)11-23(2,3)12-17(21)28/h4-10,13,20,26H,11-12H2,1-3H3,(H,25,27,29)/t20-/m1/s1. The second-order valence-corrected chi connectivity index (χ2v) is 8.39. The minimum absolute atomic E-state index is 0.0771. The first-order valence-corrected chi connectivity index (χ1v) is 9.72. The van der Waals surface area contributed by atoms with Crippen LogP contribution < -0.4 is 10.6 Å². The van der Waals surface area contributed by atoms with Crippen molar-refractivity contribution in [1.29, 1.82) is 0 Å². The lowest BCUT2D eigenvalue weighted by molar-refractivity contribution is -0.118. The second kappa shape index (κ2) is 7.28. The minimum atomic E-state index is -0.452. The van der Waals surface area contributed by atoms with E-state index in [2.05, 4.69) is 34.4 Å². The summed E-state index contributed by atoms with van der Waals surface area (Å²) in [5.41, 5.74) is 3.57. The fraction of sp³-hybridized carbons (Fsp3) is 0.304. The van der Waals surface area contributed by atoms with Crippen molar-refractivity contribution < 1.29 is 9.59 Å². The highest BCUT2D eigenvalue weighted by atomic mass is 16.2. The maximum atomic E-state index is 13.3. The minimum Gasteiger partial charge on any atom is -0.362 e. The van der Waals surface area contributed by atoms with Gasteiger partial charge in [0.1, 0.15) is 5.82 Å². The molecule has 1 amide bonds. The first kappa shape index (κ1) is 19.1. The highest BCUT2D eigenvalue weighted by Gasteiger charge is 2.42. The van der Waals surface area contributed by atoms with E-state index in [-0.39, 0.29) is 17.1 Å². The molecule has 0 spiro atoms. The molecule has 0 saturated carbocycles. The fourth-order valence-corrected chi connectivity index (χ4v) is 4.24. The van der Waals surface area contributed by atoms with Gasteiger partial charge in [-0.05, 0) is 42.5 Å². The number of amides is 1. The molecule has 2 N–H and O–H groups in total. The third kappa shape index (κ3) is 3.70. The third-order valence-electron chi connectivity index (χ3n) is 5.41. The van der Waals surface area contributed by atoms with Gasteiger partial charge in [-0.15, -0.1) is 0 Å². The molecule has 0 aromatic carbocycles. The van der Waals surface area contributed by atoms with Crippen molar-refractivity contribution >= 4 is 17.5 Å². The van der Waals surface area contributed by atoms with Gasteiger partial charge in [-0.2, -0.15) is 0 Å². The predicted octanol–water partition coefficient (Wildman–Crippen LogP) is 3.72. The lowest BCUT2D eigenvalue weighted by Gasteiger charge is -2.39. The summed E-state index contributed by atoms with van der Waals surface area (Å²) in [6.07, 6.45) is 6.27. The van der Waals surface area contributed by atoms with E-state index >= 15 is 0 Å². The molecule has 29 heavy (non-hydrogen) atoms. The molecule has 0 radical (unpaired) electrons. The Labute approximate surface area is 170 Å². The molecule has 3 heterocycles. The van der Waals surface area contributed by atoms with Gasteiger partial charge < -0.3 is 10.6 Å². The third-order valence-corrected chi connectivity index (χ3v) is 5.41. The maximum Gasteiger partial charge on any atom is 0.255 e. The van der Waals surface area contributed by atoms with Crippen LogP contribution in [-0.4, -0.2) is 21.7 Å². The molecule has 1 atom stereocenters. The Morgan fingerprint density at radius 2 is 2.00 bits per heavy atom. The molecule has 0 fully saturated rings. The van der Waals surface area contributed by atoms with Crippen LogP contribution in [-0.2, 0) is 9.59 Å². The molecule has 6 heteroatoms. The van der Waals surface area contributed by atoms with Crippen LogP contribution in [0.2, 0.25) is 0 Å². The summed E-state index contributed by atoms with van der Waals surface area (Å²) in [6.45, 7) is 6.07. The Kier molecular flexibility index (Phi) is 4.78. The van der Waals surface area contributed by atoms with Gasteiger partial charge in [0.2, 0.25) is 0 Å². The summed E-state index contributed by atoms with van der Waals surface area (Å²) in [5.74, 6) is -0.175. The Bertz CT molecular complexity index is 1020. The number of anilines is 1. The quantitative estimate of drug-likeness (QED) is 0.837. The van der Waals surface area contributed by atoms with Crippen molar-refractivity contribution in [3.63, 3.8) is 0 Å². The second-order valence-electron chi connectivity index (χ2n) is 8.39. The van der Waals surface area contributed by atoms with Crippen molar-refractivity contribution in [3.05, 3.63) is 77.0 Å². The molecule has 2 aromatic heterocycles. The van der Waals surface area contributed by atoms with Crippen LogP contribution in [0.1, 0.15) is 45.1 Å². The van der Waals surface area contributed by atoms with E-state index in [0.717, 1.165) is 23.4 Å². The van der Waals surface area contributed by atoms with E-state index in [0.29, 0.717) is 23.4 Å². The van der Waals surface area contributed by atoms with Crippen LogP contribution in [0.5, 0.6) is 0 Å². The number of rotatable bonds is 3. The zero-order valence-electron chi connectivity index (χ0n) is 16.8. The van der Waals surface area contributed by atoms with E-state index in [1.54, 1.807) is 30.7 Å². The smallest absolute Gasteiger partial charge is 0.255 e. The summed E-state index contributed by atoms with van der Waals surface area (Å²) in [6, 6.07) is 9.10. The van der Waals surface area contributed by atoms with E-state index in [4.69, 9.17) is 0 Å². The average Bonchev–Trinajstić information content (AvgIpc) is 2.67. The number of nitrogens with zero attached hydrogens (tertiary/aromatic N) is 2. The van der Waals surface area contributed by atoms with Crippen LogP contribution in [0.4, 0.5) is 5.82 Å². The molecule has 0 saturated heterocycles. The summed E-state index contributed by atoms with van der Waals surface area (Å²) >= 11 is 0. The van der Waals surface area contributed by atoms with Crippen LogP contribution in [0.15, 0.2) is 71.5 Å². The maximum absolute atomic E-state index is 13.3. The molecule has 0 unspecified atom stereocenters. The normalized spacial score (nSPS) is 20.8. The van der Waals surface area contributed by atoms with Crippen LogP contribution >= 0.6 is 0 Å². The van der Waals surface area contributed by atoms with E-state index in [1.807, 2.05) is 25.1 Å². The molecule has 1 aliphatic heterocycles. The number of hydrogen-bond donors (Lipinski definition) is 2. The Balaban J connectivity index is 1.80. The number of ketones is 1. The highest BCUT2D eigenvalue weighted by molar-refractivity contribution is 6.09. The topological polar surface area (TPSA) is 84.0 Å². The Morgan fingerprint density at radius 3 is 2.69 bits per heavy atom. The summed E-state index contributed by atoms with van der Waals surface area (Å²) in [7, 11) is 0. The number of Topliss-reactive ketones (excluding diaryl/α,β-unsaturated/α-hetero) is 1. The van der Waals surface area contributed by atoms with Crippen LogP contribution in [0, 0.1) is 5.41 Å². The summed E-state index contributed by atoms with van der Waals surface area (Å²) < 4.78 is 0. The SMILES string of the molecule is CC1=C(C(=O)Nc2ccccn2)[C@@H](c2cccnc2)C2=C(CC(C)(C)CC2=O)N1. The van der Waals surface area contributed by atoms with E-state index in [9.17, 15) is 9.59 Å². The molecular weight excluding hydrogens is 364 g/mol. The van der Waals surface area contributed by atoms with Crippen LogP contribution in [0.3, 0.4) is 0 Å². The number of aromatic nitrogens is 2. The molecular formula is C23H24N4O2. The Morgan fingerprint density at radius 1 is 1.17 bits per heavy atom. The number of nitrogens with one attached hydrogen (secondary N) is 2. The predicted molar refractivity (Wildman–Crippen MR) is 111 cm³/mol. The van der Waals surface area contributed by atoms with Gasteiger partial charge in [0.25, 0.3) is 5.91 Å². The van der Waals surface area contributed by atoms with Crippen molar-refractivity contribution in [1.82, 2.24) is 15.3 Å².